The number of carbonyl (C=O) groups is 1. The molecule has 1 saturated carbocycles. The van der Waals surface area contributed by atoms with Crippen LogP contribution >= 0.6 is 0 Å². The van der Waals surface area contributed by atoms with E-state index >= 15 is 0 Å². The molecule has 0 aromatic rings. The zero-order chi connectivity index (χ0) is 11.5. The number of rotatable bonds is 5. The van der Waals surface area contributed by atoms with Gasteiger partial charge >= 0.3 is 0 Å². The first kappa shape index (κ1) is 12.5. The number of hydrogen-bond donors (Lipinski definition) is 2. The molecule has 3 heteroatoms. The lowest BCUT2D eigenvalue weighted by molar-refractivity contribution is -0.121. The highest BCUT2D eigenvalue weighted by Gasteiger charge is 2.27. The zero-order valence-electron chi connectivity index (χ0n) is 10.4. The molecule has 0 aromatic heterocycles. The second-order valence-electron chi connectivity index (χ2n) is 5.74. The van der Waals surface area contributed by atoms with Gasteiger partial charge in [-0.3, -0.25) is 4.79 Å². The fourth-order valence-corrected chi connectivity index (χ4v) is 1.71. The summed E-state index contributed by atoms with van der Waals surface area (Å²) in [6.45, 7) is 9.65. The molecule has 88 valence electrons. The smallest absolute Gasteiger partial charge is 0.234 e. The third-order valence-electron chi connectivity index (χ3n) is 2.69. The van der Waals surface area contributed by atoms with Gasteiger partial charge in [-0.25, -0.2) is 0 Å². The van der Waals surface area contributed by atoms with Gasteiger partial charge in [0.15, 0.2) is 0 Å². The van der Waals surface area contributed by atoms with Gasteiger partial charge < -0.3 is 10.6 Å². The summed E-state index contributed by atoms with van der Waals surface area (Å²) in [5.74, 6) is 1.71. The van der Waals surface area contributed by atoms with Crippen LogP contribution in [0.2, 0.25) is 0 Å². The molecule has 0 saturated heterocycles. The molecule has 0 radical (unpaired) electrons. The first-order valence-corrected chi connectivity index (χ1v) is 5.90. The molecular formula is C12H24N2O. The van der Waals surface area contributed by atoms with Crippen molar-refractivity contribution in [2.45, 2.75) is 46.1 Å². The van der Waals surface area contributed by atoms with Crippen molar-refractivity contribution in [2.75, 3.05) is 13.1 Å². The normalized spacial score (nSPS) is 18.7. The average Bonchev–Trinajstić information content (AvgIpc) is 2.81. The van der Waals surface area contributed by atoms with Crippen molar-refractivity contribution < 1.29 is 4.79 Å². The average molecular weight is 212 g/mol. The summed E-state index contributed by atoms with van der Waals surface area (Å²) in [6.07, 6.45) is 2.74. The summed E-state index contributed by atoms with van der Waals surface area (Å²) in [6, 6.07) is 0. The first-order valence-electron chi connectivity index (χ1n) is 5.90. The highest BCUT2D eigenvalue weighted by Crippen LogP contribution is 2.35. The lowest BCUT2D eigenvalue weighted by atomic mass is 10.1. The molecular weight excluding hydrogens is 188 g/mol. The fourth-order valence-electron chi connectivity index (χ4n) is 1.71. The van der Waals surface area contributed by atoms with Crippen molar-refractivity contribution >= 4 is 5.91 Å². The third-order valence-corrected chi connectivity index (χ3v) is 2.69. The lowest BCUT2D eigenvalue weighted by Gasteiger charge is -2.21. The van der Waals surface area contributed by atoms with Crippen LogP contribution in [0.5, 0.6) is 0 Å². The van der Waals surface area contributed by atoms with Crippen molar-refractivity contribution in [3.05, 3.63) is 0 Å². The molecule has 0 heterocycles. The van der Waals surface area contributed by atoms with Crippen LogP contribution in [-0.2, 0) is 4.79 Å². The first-order chi connectivity index (χ1) is 6.88. The van der Waals surface area contributed by atoms with E-state index in [2.05, 4.69) is 17.6 Å². The Hall–Kier alpha value is -0.570. The quantitative estimate of drug-likeness (QED) is 0.726. The number of carbonyl (C=O) groups excluding carboxylic acids is 1. The maximum absolute atomic E-state index is 11.5. The Balaban J connectivity index is 2.06. The van der Waals surface area contributed by atoms with Gasteiger partial charge in [0.05, 0.1) is 6.54 Å². The van der Waals surface area contributed by atoms with Gasteiger partial charge in [0.1, 0.15) is 0 Å². The van der Waals surface area contributed by atoms with E-state index in [-0.39, 0.29) is 11.4 Å². The number of amides is 1. The number of nitrogens with one attached hydrogen (secondary N) is 2. The van der Waals surface area contributed by atoms with Crippen LogP contribution in [0.4, 0.5) is 0 Å². The van der Waals surface area contributed by atoms with Crippen molar-refractivity contribution in [3.8, 4) is 0 Å². The fraction of sp³-hybridized carbons (Fsp3) is 0.917. The van der Waals surface area contributed by atoms with Gasteiger partial charge in [0, 0.05) is 5.54 Å². The SMILES string of the molecule is CC(CNCC(=O)NC(C)(C)C)C1CC1. The monoisotopic (exact) mass is 212 g/mol. The van der Waals surface area contributed by atoms with Crippen LogP contribution < -0.4 is 10.6 Å². The van der Waals surface area contributed by atoms with E-state index in [1.165, 1.54) is 12.8 Å². The minimum Gasteiger partial charge on any atom is -0.350 e. The predicted molar refractivity (Wildman–Crippen MR) is 62.7 cm³/mol. The highest BCUT2D eigenvalue weighted by atomic mass is 16.2. The Labute approximate surface area is 93.0 Å². The zero-order valence-corrected chi connectivity index (χ0v) is 10.4. The minimum atomic E-state index is -0.124. The van der Waals surface area contributed by atoms with E-state index < -0.39 is 0 Å². The molecule has 15 heavy (non-hydrogen) atoms. The summed E-state index contributed by atoms with van der Waals surface area (Å²) in [4.78, 5) is 11.5. The molecule has 1 fully saturated rings. The topological polar surface area (TPSA) is 41.1 Å². The Morgan fingerprint density at radius 1 is 1.40 bits per heavy atom. The molecule has 1 unspecified atom stereocenters. The molecule has 0 spiro atoms. The number of hydrogen-bond acceptors (Lipinski definition) is 2. The predicted octanol–water partition coefficient (Wildman–Crippen LogP) is 1.54. The van der Waals surface area contributed by atoms with E-state index in [1.807, 2.05) is 20.8 Å². The summed E-state index contributed by atoms with van der Waals surface area (Å²) in [7, 11) is 0. The Morgan fingerprint density at radius 2 is 2.00 bits per heavy atom. The second-order valence-corrected chi connectivity index (χ2v) is 5.74. The molecule has 1 amide bonds. The summed E-state index contributed by atoms with van der Waals surface area (Å²) < 4.78 is 0. The van der Waals surface area contributed by atoms with Gasteiger partial charge in [0.25, 0.3) is 0 Å². The molecule has 0 aliphatic heterocycles. The Kier molecular flexibility index (Phi) is 4.14. The second kappa shape index (κ2) is 4.97. The van der Waals surface area contributed by atoms with Gasteiger partial charge in [-0.1, -0.05) is 6.92 Å². The van der Waals surface area contributed by atoms with E-state index in [9.17, 15) is 4.79 Å². The van der Waals surface area contributed by atoms with Crippen LogP contribution in [0.3, 0.4) is 0 Å². The maximum Gasteiger partial charge on any atom is 0.234 e. The molecule has 0 aromatic carbocycles. The summed E-state index contributed by atoms with van der Waals surface area (Å²) in [5, 5.41) is 6.15. The lowest BCUT2D eigenvalue weighted by Crippen LogP contribution is -2.45. The van der Waals surface area contributed by atoms with Crippen molar-refractivity contribution in [1.29, 1.82) is 0 Å². The van der Waals surface area contributed by atoms with E-state index in [1.54, 1.807) is 0 Å². The van der Waals surface area contributed by atoms with Gasteiger partial charge in [-0.2, -0.15) is 0 Å². The van der Waals surface area contributed by atoms with Gasteiger partial charge in [-0.15, -0.1) is 0 Å². The Bertz CT molecular complexity index is 216. The van der Waals surface area contributed by atoms with Crippen LogP contribution in [0.15, 0.2) is 0 Å². The van der Waals surface area contributed by atoms with E-state index in [0.29, 0.717) is 12.5 Å². The van der Waals surface area contributed by atoms with Gasteiger partial charge in [-0.05, 0) is 52.0 Å². The van der Waals surface area contributed by atoms with Crippen molar-refractivity contribution in [2.24, 2.45) is 11.8 Å². The van der Waals surface area contributed by atoms with Crippen molar-refractivity contribution in [1.82, 2.24) is 10.6 Å². The molecule has 3 nitrogen and oxygen atoms in total. The standard InChI is InChI=1S/C12H24N2O/c1-9(10-5-6-10)7-13-8-11(15)14-12(2,3)4/h9-10,13H,5-8H2,1-4H3,(H,14,15). The van der Waals surface area contributed by atoms with Crippen LogP contribution in [-0.4, -0.2) is 24.5 Å². The highest BCUT2D eigenvalue weighted by molar-refractivity contribution is 5.78. The van der Waals surface area contributed by atoms with Crippen LogP contribution in [0, 0.1) is 11.8 Å². The van der Waals surface area contributed by atoms with Crippen molar-refractivity contribution in [3.63, 3.8) is 0 Å². The third kappa shape index (κ3) is 5.78. The maximum atomic E-state index is 11.5. The molecule has 1 aliphatic rings. The largest absolute Gasteiger partial charge is 0.350 e. The van der Waals surface area contributed by atoms with Crippen LogP contribution in [0.25, 0.3) is 0 Å². The molecule has 0 bridgehead atoms. The van der Waals surface area contributed by atoms with Crippen LogP contribution in [0.1, 0.15) is 40.5 Å². The summed E-state index contributed by atoms with van der Waals surface area (Å²) in [5.41, 5.74) is -0.124. The molecule has 1 atom stereocenters. The molecule has 1 rings (SSSR count). The molecule has 1 aliphatic carbocycles. The summed E-state index contributed by atoms with van der Waals surface area (Å²) >= 11 is 0. The van der Waals surface area contributed by atoms with E-state index in [0.717, 1.165) is 12.5 Å². The van der Waals surface area contributed by atoms with Gasteiger partial charge in [0.2, 0.25) is 5.91 Å². The molecule has 2 N–H and O–H groups in total. The van der Waals surface area contributed by atoms with E-state index in [4.69, 9.17) is 0 Å². The minimum absolute atomic E-state index is 0.0884. The Morgan fingerprint density at radius 3 is 2.47 bits per heavy atom.